The third-order valence-electron chi connectivity index (χ3n) is 5.30. The number of hydrogen-bond acceptors (Lipinski definition) is 5. The normalized spacial score (nSPS) is 19.3. The maximum Gasteiger partial charge on any atom is 0.255 e. The first-order valence-corrected chi connectivity index (χ1v) is 9.68. The standard InChI is InChI=1S/C23H24N2O4/c1-15-14-29-18(13-26)12-25(15)23(27)20-11-22(16-7-9-17(28-2)10-8-16)24-21-6-4-3-5-19(20)21/h3-11,15,18,26H,12-14H2,1-2H3/t15-,18+/m0/s1. The Hall–Kier alpha value is -2.96. The molecule has 0 saturated carbocycles. The van der Waals surface area contributed by atoms with Gasteiger partial charge < -0.3 is 19.5 Å². The number of benzene rings is 2. The zero-order valence-electron chi connectivity index (χ0n) is 16.5. The summed E-state index contributed by atoms with van der Waals surface area (Å²) >= 11 is 0. The predicted molar refractivity (Wildman–Crippen MR) is 111 cm³/mol. The van der Waals surface area contributed by atoms with Gasteiger partial charge in [0.1, 0.15) is 5.75 Å². The second-order valence-corrected chi connectivity index (χ2v) is 7.25. The molecule has 0 unspecified atom stereocenters. The van der Waals surface area contributed by atoms with Crippen LogP contribution in [0.5, 0.6) is 5.75 Å². The van der Waals surface area contributed by atoms with Crippen LogP contribution in [0.25, 0.3) is 22.2 Å². The molecule has 6 heteroatoms. The number of fused-ring (bicyclic) bond motifs is 1. The van der Waals surface area contributed by atoms with Crippen LogP contribution in [0.4, 0.5) is 0 Å². The number of aromatic nitrogens is 1. The van der Waals surface area contributed by atoms with Crippen molar-refractivity contribution in [2.75, 3.05) is 26.9 Å². The maximum absolute atomic E-state index is 13.5. The molecule has 4 rings (SSSR count). The van der Waals surface area contributed by atoms with E-state index in [9.17, 15) is 9.90 Å². The maximum atomic E-state index is 13.5. The van der Waals surface area contributed by atoms with Gasteiger partial charge in [0, 0.05) is 17.5 Å². The van der Waals surface area contributed by atoms with E-state index < -0.39 is 0 Å². The van der Waals surface area contributed by atoms with E-state index in [2.05, 4.69) is 0 Å². The minimum absolute atomic E-state index is 0.0679. The molecule has 1 fully saturated rings. The van der Waals surface area contributed by atoms with Gasteiger partial charge in [-0.3, -0.25) is 4.79 Å². The van der Waals surface area contributed by atoms with E-state index in [4.69, 9.17) is 14.5 Å². The van der Waals surface area contributed by atoms with Crippen molar-refractivity contribution in [3.05, 3.63) is 60.2 Å². The number of aliphatic hydroxyl groups excluding tert-OH is 1. The molecule has 0 spiro atoms. The second-order valence-electron chi connectivity index (χ2n) is 7.25. The molecule has 1 saturated heterocycles. The number of ether oxygens (including phenoxy) is 2. The van der Waals surface area contributed by atoms with Gasteiger partial charge in [0.25, 0.3) is 5.91 Å². The van der Waals surface area contributed by atoms with Crippen molar-refractivity contribution in [3.63, 3.8) is 0 Å². The summed E-state index contributed by atoms with van der Waals surface area (Å²) in [5.41, 5.74) is 3.01. The minimum Gasteiger partial charge on any atom is -0.497 e. The highest BCUT2D eigenvalue weighted by molar-refractivity contribution is 6.07. The zero-order valence-corrected chi connectivity index (χ0v) is 16.5. The molecular weight excluding hydrogens is 368 g/mol. The van der Waals surface area contributed by atoms with Crippen LogP contribution >= 0.6 is 0 Å². The van der Waals surface area contributed by atoms with Crippen LogP contribution in [0.1, 0.15) is 17.3 Å². The van der Waals surface area contributed by atoms with E-state index in [1.54, 1.807) is 12.0 Å². The van der Waals surface area contributed by atoms with Crippen LogP contribution in [0.15, 0.2) is 54.6 Å². The summed E-state index contributed by atoms with van der Waals surface area (Å²) in [6.07, 6.45) is -0.357. The largest absolute Gasteiger partial charge is 0.497 e. The van der Waals surface area contributed by atoms with Crippen LogP contribution in [0.2, 0.25) is 0 Å². The lowest BCUT2D eigenvalue weighted by atomic mass is 10.0. The third kappa shape index (κ3) is 3.81. The number of hydrogen-bond donors (Lipinski definition) is 1. The number of carbonyl (C=O) groups is 1. The van der Waals surface area contributed by atoms with Crippen LogP contribution in [0.3, 0.4) is 0 Å². The highest BCUT2D eigenvalue weighted by atomic mass is 16.5. The Balaban J connectivity index is 1.79. The fraction of sp³-hybridized carbons (Fsp3) is 0.304. The number of pyridine rings is 1. The summed E-state index contributed by atoms with van der Waals surface area (Å²) in [4.78, 5) is 20.1. The SMILES string of the molecule is COc1ccc(-c2cc(C(=O)N3C[C@H](CO)OC[C@@H]3C)c3ccccc3n2)cc1. The number of para-hydroxylation sites is 1. The Bertz CT molecular complexity index is 1020. The summed E-state index contributed by atoms with van der Waals surface area (Å²) in [5, 5.41) is 10.3. The van der Waals surface area contributed by atoms with Gasteiger partial charge >= 0.3 is 0 Å². The van der Waals surface area contributed by atoms with E-state index in [-0.39, 0.29) is 24.7 Å². The second kappa shape index (κ2) is 8.19. The summed E-state index contributed by atoms with van der Waals surface area (Å²) in [6.45, 7) is 2.63. The summed E-state index contributed by atoms with van der Waals surface area (Å²) in [6, 6.07) is 17.1. The topological polar surface area (TPSA) is 71.9 Å². The van der Waals surface area contributed by atoms with Crippen LogP contribution < -0.4 is 4.74 Å². The molecular formula is C23H24N2O4. The quantitative estimate of drug-likeness (QED) is 0.739. The highest BCUT2D eigenvalue weighted by Crippen LogP contribution is 2.28. The molecule has 0 bridgehead atoms. The Morgan fingerprint density at radius 1 is 1.24 bits per heavy atom. The number of methoxy groups -OCH3 is 1. The van der Waals surface area contributed by atoms with Gasteiger partial charge in [-0.15, -0.1) is 0 Å². The lowest BCUT2D eigenvalue weighted by Gasteiger charge is -2.37. The number of carbonyl (C=O) groups excluding carboxylic acids is 1. The molecule has 2 heterocycles. The van der Waals surface area contributed by atoms with Crippen molar-refractivity contribution < 1.29 is 19.4 Å². The van der Waals surface area contributed by atoms with Crippen LogP contribution in [0, 0.1) is 0 Å². The van der Waals surface area contributed by atoms with E-state index in [1.807, 2.05) is 61.5 Å². The Labute approximate surface area is 169 Å². The molecule has 6 nitrogen and oxygen atoms in total. The van der Waals surface area contributed by atoms with Gasteiger partial charge in [0.15, 0.2) is 0 Å². The average Bonchev–Trinajstić information content (AvgIpc) is 2.78. The predicted octanol–water partition coefficient (Wildman–Crippen LogP) is 3.13. The number of morpholine rings is 1. The summed E-state index contributed by atoms with van der Waals surface area (Å²) in [7, 11) is 1.63. The van der Waals surface area contributed by atoms with Crippen molar-refractivity contribution in [2.24, 2.45) is 0 Å². The van der Waals surface area contributed by atoms with Gasteiger partial charge in [-0.1, -0.05) is 18.2 Å². The van der Waals surface area contributed by atoms with Gasteiger partial charge in [0.2, 0.25) is 0 Å². The first-order chi connectivity index (χ1) is 14.1. The fourth-order valence-electron chi connectivity index (χ4n) is 3.63. The molecule has 1 N–H and O–H groups in total. The van der Waals surface area contributed by atoms with Crippen molar-refractivity contribution >= 4 is 16.8 Å². The lowest BCUT2D eigenvalue weighted by molar-refractivity contribution is -0.0666. The highest BCUT2D eigenvalue weighted by Gasteiger charge is 2.31. The zero-order chi connectivity index (χ0) is 20.4. The average molecular weight is 392 g/mol. The third-order valence-corrected chi connectivity index (χ3v) is 5.30. The fourth-order valence-corrected chi connectivity index (χ4v) is 3.63. The van der Waals surface area contributed by atoms with E-state index >= 15 is 0 Å². The molecule has 29 heavy (non-hydrogen) atoms. The number of rotatable bonds is 4. The molecule has 2 aromatic carbocycles. The molecule has 0 aliphatic carbocycles. The Kier molecular flexibility index (Phi) is 5.47. The molecule has 150 valence electrons. The van der Waals surface area contributed by atoms with Crippen molar-refractivity contribution in [1.29, 1.82) is 0 Å². The van der Waals surface area contributed by atoms with Crippen molar-refractivity contribution in [1.82, 2.24) is 9.88 Å². The first-order valence-electron chi connectivity index (χ1n) is 9.68. The van der Waals surface area contributed by atoms with E-state index in [0.717, 1.165) is 27.9 Å². The number of nitrogens with zero attached hydrogens (tertiary/aromatic N) is 2. The number of amides is 1. The molecule has 3 aromatic rings. The van der Waals surface area contributed by atoms with Gasteiger partial charge in [-0.2, -0.15) is 0 Å². The van der Waals surface area contributed by atoms with Crippen LogP contribution in [-0.2, 0) is 4.74 Å². The minimum atomic E-state index is -0.357. The molecule has 1 aromatic heterocycles. The first kappa shape index (κ1) is 19.4. The molecule has 1 aliphatic heterocycles. The molecule has 2 atom stereocenters. The van der Waals surface area contributed by atoms with Gasteiger partial charge in [0.05, 0.1) is 49.2 Å². The lowest BCUT2D eigenvalue weighted by Crippen LogP contribution is -2.52. The summed E-state index contributed by atoms with van der Waals surface area (Å²) in [5.74, 6) is 0.690. The molecule has 1 aliphatic rings. The van der Waals surface area contributed by atoms with Crippen LogP contribution in [-0.4, -0.2) is 59.9 Å². The smallest absolute Gasteiger partial charge is 0.255 e. The number of aliphatic hydroxyl groups is 1. The van der Waals surface area contributed by atoms with Crippen molar-refractivity contribution in [3.8, 4) is 17.0 Å². The Morgan fingerprint density at radius 2 is 2.00 bits per heavy atom. The van der Waals surface area contributed by atoms with E-state index in [1.165, 1.54) is 0 Å². The Morgan fingerprint density at radius 3 is 2.72 bits per heavy atom. The van der Waals surface area contributed by atoms with Gasteiger partial charge in [-0.25, -0.2) is 4.98 Å². The molecule has 1 amide bonds. The van der Waals surface area contributed by atoms with Crippen molar-refractivity contribution in [2.45, 2.75) is 19.1 Å². The molecule has 0 radical (unpaired) electrons. The summed E-state index contributed by atoms with van der Waals surface area (Å²) < 4.78 is 10.8. The van der Waals surface area contributed by atoms with Gasteiger partial charge in [-0.05, 0) is 43.3 Å². The van der Waals surface area contributed by atoms with E-state index in [0.29, 0.717) is 18.7 Å². The monoisotopic (exact) mass is 392 g/mol.